The number of aryl methyl sites for hydroxylation is 2. The van der Waals surface area contributed by atoms with E-state index in [0.717, 1.165) is 49.2 Å². The number of hydrogen-bond donors (Lipinski definition) is 1. The second-order valence-corrected chi connectivity index (χ2v) is 5.42. The topological polar surface area (TPSA) is 66.8 Å². The van der Waals surface area contributed by atoms with Gasteiger partial charge in [0.25, 0.3) is 0 Å². The average Bonchev–Trinajstić information content (AvgIpc) is 2.47. The molecule has 3 rings (SSSR count). The van der Waals surface area contributed by atoms with Crippen molar-refractivity contribution >= 4 is 11.8 Å². The van der Waals surface area contributed by atoms with Gasteiger partial charge in [-0.15, -0.1) is 0 Å². The number of rotatable bonds is 3. The Morgan fingerprint density at radius 1 is 1.19 bits per heavy atom. The maximum Gasteiger partial charge on any atom is 0.225 e. The van der Waals surface area contributed by atoms with Crippen molar-refractivity contribution in [2.45, 2.75) is 32.7 Å². The molecule has 2 aromatic rings. The van der Waals surface area contributed by atoms with E-state index in [-0.39, 0.29) is 0 Å². The van der Waals surface area contributed by atoms with E-state index in [1.54, 1.807) is 12.4 Å². The smallest absolute Gasteiger partial charge is 0.225 e. The molecule has 0 amide bonds. The minimum atomic E-state index is 0.358. The number of nitrogens with one attached hydrogen (secondary N) is 1. The highest BCUT2D eigenvalue weighted by Gasteiger charge is 2.21. The van der Waals surface area contributed by atoms with Gasteiger partial charge < -0.3 is 10.2 Å². The molecule has 0 radical (unpaired) electrons. The second-order valence-electron chi connectivity index (χ2n) is 5.42. The van der Waals surface area contributed by atoms with E-state index in [9.17, 15) is 0 Å². The zero-order chi connectivity index (χ0) is 14.7. The van der Waals surface area contributed by atoms with Gasteiger partial charge in [0.2, 0.25) is 5.95 Å². The molecule has 0 aliphatic carbocycles. The minimum Gasteiger partial charge on any atom is -0.365 e. The third kappa shape index (κ3) is 3.45. The Morgan fingerprint density at radius 3 is 2.76 bits per heavy atom. The monoisotopic (exact) mass is 284 g/mol. The van der Waals surface area contributed by atoms with E-state index < -0.39 is 0 Å². The Bertz CT molecular complexity index is 580. The summed E-state index contributed by atoms with van der Waals surface area (Å²) in [6.45, 7) is 5.81. The first-order valence-corrected chi connectivity index (χ1v) is 7.31. The van der Waals surface area contributed by atoms with E-state index in [2.05, 4.69) is 30.2 Å². The van der Waals surface area contributed by atoms with Crippen LogP contribution in [0.25, 0.3) is 0 Å². The van der Waals surface area contributed by atoms with Gasteiger partial charge in [0.05, 0.1) is 0 Å². The molecule has 1 aliphatic heterocycles. The fourth-order valence-electron chi connectivity index (χ4n) is 2.73. The molecule has 6 nitrogen and oxygen atoms in total. The number of hydrogen-bond acceptors (Lipinski definition) is 6. The van der Waals surface area contributed by atoms with Gasteiger partial charge in [-0.05, 0) is 32.8 Å². The molecular formula is C15H20N6. The van der Waals surface area contributed by atoms with Gasteiger partial charge in [-0.1, -0.05) is 0 Å². The lowest BCUT2D eigenvalue weighted by Gasteiger charge is -2.33. The van der Waals surface area contributed by atoms with Crippen LogP contribution in [-0.4, -0.2) is 39.1 Å². The summed E-state index contributed by atoms with van der Waals surface area (Å²) < 4.78 is 0. The molecule has 1 unspecified atom stereocenters. The number of anilines is 2. The van der Waals surface area contributed by atoms with Gasteiger partial charge in [0.15, 0.2) is 0 Å². The zero-order valence-corrected chi connectivity index (χ0v) is 12.5. The van der Waals surface area contributed by atoms with Crippen LogP contribution in [0.15, 0.2) is 24.5 Å². The molecule has 0 saturated carbocycles. The highest BCUT2D eigenvalue weighted by Crippen LogP contribution is 2.18. The number of aromatic nitrogens is 4. The molecule has 21 heavy (non-hydrogen) atoms. The first-order valence-electron chi connectivity index (χ1n) is 7.31. The van der Waals surface area contributed by atoms with Crippen LogP contribution in [0.5, 0.6) is 0 Å². The molecule has 1 atom stereocenters. The molecule has 1 aliphatic rings. The summed E-state index contributed by atoms with van der Waals surface area (Å²) in [5.74, 6) is 2.51. The lowest BCUT2D eigenvalue weighted by Crippen LogP contribution is -2.43. The lowest BCUT2D eigenvalue weighted by molar-refractivity contribution is 0.521. The molecule has 1 saturated heterocycles. The summed E-state index contributed by atoms with van der Waals surface area (Å²) in [5, 5.41) is 3.51. The molecule has 110 valence electrons. The van der Waals surface area contributed by atoms with Crippen LogP contribution in [0, 0.1) is 13.8 Å². The maximum absolute atomic E-state index is 4.45. The zero-order valence-electron chi connectivity index (χ0n) is 12.5. The molecule has 6 heteroatoms. The van der Waals surface area contributed by atoms with Crippen molar-refractivity contribution in [2.24, 2.45) is 0 Å². The normalized spacial score (nSPS) is 18.6. The Morgan fingerprint density at radius 2 is 2.00 bits per heavy atom. The van der Waals surface area contributed by atoms with Gasteiger partial charge in [-0.25, -0.2) is 19.9 Å². The van der Waals surface area contributed by atoms with Gasteiger partial charge in [-0.3, -0.25) is 0 Å². The quantitative estimate of drug-likeness (QED) is 0.929. The Balaban J connectivity index is 1.69. The van der Waals surface area contributed by atoms with Crippen LogP contribution >= 0.6 is 0 Å². The van der Waals surface area contributed by atoms with Gasteiger partial charge in [-0.2, -0.15) is 0 Å². The number of piperidine rings is 1. The largest absolute Gasteiger partial charge is 0.365 e. The first-order chi connectivity index (χ1) is 10.2. The lowest BCUT2D eigenvalue weighted by atomic mass is 10.1. The fraction of sp³-hybridized carbons (Fsp3) is 0.467. The minimum absolute atomic E-state index is 0.358. The molecule has 2 aromatic heterocycles. The molecule has 0 spiro atoms. The summed E-state index contributed by atoms with van der Waals surface area (Å²) in [7, 11) is 0. The van der Waals surface area contributed by atoms with Crippen molar-refractivity contribution in [2.75, 3.05) is 23.3 Å². The van der Waals surface area contributed by atoms with Gasteiger partial charge in [0.1, 0.15) is 11.6 Å². The summed E-state index contributed by atoms with van der Waals surface area (Å²) in [6, 6.07) is 4.19. The maximum atomic E-state index is 4.45. The molecule has 1 fully saturated rings. The van der Waals surface area contributed by atoms with Crippen molar-refractivity contribution in [1.82, 2.24) is 19.9 Å². The Kier molecular flexibility index (Phi) is 3.94. The van der Waals surface area contributed by atoms with Crippen molar-refractivity contribution in [1.29, 1.82) is 0 Å². The van der Waals surface area contributed by atoms with Gasteiger partial charge >= 0.3 is 0 Å². The molecule has 0 aromatic carbocycles. The molecule has 3 heterocycles. The van der Waals surface area contributed by atoms with E-state index >= 15 is 0 Å². The summed E-state index contributed by atoms with van der Waals surface area (Å²) >= 11 is 0. The molecular weight excluding hydrogens is 264 g/mol. The third-order valence-corrected chi connectivity index (χ3v) is 3.57. The average molecular weight is 284 g/mol. The van der Waals surface area contributed by atoms with Crippen LogP contribution in [-0.2, 0) is 0 Å². The standard InChI is InChI=1S/C15H20N6/c1-11-9-14(19-12(2)18-11)20-13-5-3-8-21(10-13)15-16-6-4-7-17-15/h4,6-7,9,13H,3,5,8,10H2,1-2H3,(H,18,19,20). The predicted octanol–water partition coefficient (Wildman–Crippen LogP) is 1.96. The summed E-state index contributed by atoms with van der Waals surface area (Å²) in [6.07, 6.45) is 5.83. The van der Waals surface area contributed by atoms with Crippen molar-refractivity contribution in [3.63, 3.8) is 0 Å². The number of nitrogens with zero attached hydrogens (tertiary/aromatic N) is 5. The molecule has 1 N–H and O–H groups in total. The molecule has 0 bridgehead atoms. The van der Waals surface area contributed by atoms with Crippen LogP contribution in [0.3, 0.4) is 0 Å². The van der Waals surface area contributed by atoms with Crippen molar-refractivity contribution in [3.05, 3.63) is 36.0 Å². The predicted molar refractivity (Wildman–Crippen MR) is 82.4 cm³/mol. The van der Waals surface area contributed by atoms with E-state index in [1.165, 1.54) is 0 Å². The Labute approximate surface area is 124 Å². The highest BCUT2D eigenvalue weighted by atomic mass is 15.3. The van der Waals surface area contributed by atoms with Crippen molar-refractivity contribution in [3.8, 4) is 0 Å². The first kappa shape index (κ1) is 13.7. The van der Waals surface area contributed by atoms with Crippen LogP contribution < -0.4 is 10.2 Å². The van der Waals surface area contributed by atoms with Gasteiger partial charge in [0, 0.05) is 43.3 Å². The van der Waals surface area contributed by atoms with Crippen LogP contribution in [0.2, 0.25) is 0 Å². The second kappa shape index (κ2) is 6.03. The third-order valence-electron chi connectivity index (χ3n) is 3.57. The highest BCUT2D eigenvalue weighted by molar-refractivity contribution is 5.39. The van der Waals surface area contributed by atoms with E-state index in [4.69, 9.17) is 0 Å². The SMILES string of the molecule is Cc1cc(NC2CCCN(c3ncccn3)C2)nc(C)n1. The Hall–Kier alpha value is -2.24. The van der Waals surface area contributed by atoms with Crippen molar-refractivity contribution < 1.29 is 0 Å². The summed E-state index contributed by atoms with van der Waals surface area (Å²) in [5.41, 5.74) is 0.990. The fourth-order valence-corrected chi connectivity index (χ4v) is 2.73. The van der Waals surface area contributed by atoms with E-state index in [1.807, 2.05) is 26.0 Å². The van der Waals surface area contributed by atoms with Crippen LogP contribution in [0.1, 0.15) is 24.4 Å². The summed E-state index contributed by atoms with van der Waals surface area (Å²) in [4.78, 5) is 19.7. The van der Waals surface area contributed by atoms with E-state index in [0.29, 0.717) is 6.04 Å². The van der Waals surface area contributed by atoms with Crippen LogP contribution in [0.4, 0.5) is 11.8 Å².